The molecule has 0 unspecified atom stereocenters. The van der Waals surface area contributed by atoms with Gasteiger partial charge in [0.15, 0.2) is 0 Å². The first-order valence-corrected chi connectivity index (χ1v) is 6.32. The minimum Gasteiger partial charge on any atom is -0.489 e. The van der Waals surface area contributed by atoms with Crippen LogP contribution in [0.15, 0.2) is 42.5 Å². The zero-order chi connectivity index (χ0) is 13.0. The Hall–Kier alpha value is -1.67. The Morgan fingerprint density at radius 1 is 1.11 bits per heavy atom. The third-order valence-electron chi connectivity index (χ3n) is 2.83. The van der Waals surface area contributed by atoms with Gasteiger partial charge >= 0.3 is 0 Å². The number of nitrogen functional groups attached to an aromatic ring is 1. The van der Waals surface area contributed by atoms with Crippen molar-refractivity contribution in [1.29, 1.82) is 0 Å². The molecule has 0 aliphatic rings. The van der Waals surface area contributed by atoms with Gasteiger partial charge in [-0.2, -0.15) is 0 Å². The van der Waals surface area contributed by atoms with Crippen LogP contribution in [0.1, 0.15) is 18.1 Å². The molecule has 2 aromatic rings. The lowest BCUT2D eigenvalue weighted by Gasteiger charge is -2.09. The van der Waals surface area contributed by atoms with Gasteiger partial charge in [0.25, 0.3) is 0 Å². The van der Waals surface area contributed by atoms with Crippen LogP contribution in [0.4, 0.5) is 5.69 Å². The summed E-state index contributed by atoms with van der Waals surface area (Å²) in [6.07, 6.45) is 1.03. The highest BCUT2D eigenvalue weighted by Gasteiger charge is 2.02. The number of aryl methyl sites for hydroxylation is 1. The van der Waals surface area contributed by atoms with E-state index in [2.05, 4.69) is 19.1 Å². The number of halogens is 1. The summed E-state index contributed by atoms with van der Waals surface area (Å²) in [5.41, 5.74) is 8.76. The highest BCUT2D eigenvalue weighted by Crippen LogP contribution is 2.20. The van der Waals surface area contributed by atoms with Gasteiger partial charge in [0.05, 0.1) is 0 Å². The first kappa shape index (κ1) is 12.8. The van der Waals surface area contributed by atoms with Crippen molar-refractivity contribution in [2.45, 2.75) is 20.0 Å². The number of hydrogen-bond donors (Lipinski definition) is 1. The predicted molar refractivity (Wildman–Crippen MR) is 76.0 cm³/mol. The highest BCUT2D eigenvalue weighted by molar-refractivity contribution is 6.30. The Labute approximate surface area is 112 Å². The Balaban J connectivity index is 2.04. The SMILES string of the molecule is CCc1ccc(OCc2cc(Cl)ccc2N)cc1. The molecule has 3 heteroatoms. The lowest BCUT2D eigenvalue weighted by molar-refractivity contribution is 0.307. The van der Waals surface area contributed by atoms with Crippen molar-refractivity contribution in [3.63, 3.8) is 0 Å². The molecular formula is C15H16ClNO. The zero-order valence-electron chi connectivity index (χ0n) is 10.3. The molecule has 0 aliphatic carbocycles. The molecule has 2 aromatic carbocycles. The Morgan fingerprint density at radius 3 is 2.50 bits per heavy atom. The molecule has 0 amide bonds. The van der Waals surface area contributed by atoms with Crippen LogP contribution in [0.25, 0.3) is 0 Å². The maximum Gasteiger partial charge on any atom is 0.119 e. The van der Waals surface area contributed by atoms with Crippen LogP contribution in [0.2, 0.25) is 5.02 Å². The van der Waals surface area contributed by atoms with Crippen molar-refractivity contribution >= 4 is 17.3 Å². The van der Waals surface area contributed by atoms with E-state index in [0.717, 1.165) is 17.7 Å². The fourth-order valence-corrected chi connectivity index (χ4v) is 1.88. The van der Waals surface area contributed by atoms with Crippen LogP contribution >= 0.6 is 11.6 Å². The van der Waals surface area contributed by atoms with Gasteiger partial charge in [-0.25, -0.2) is 0 Å². The first-order valence-electron chi connectivity index (χ1n) is 5.94. The second-order valence-electron chi connectivity index (χ2n) is 4.13. The summed E-state index contributed by atoms with van der Waals surface area (Å²) in [6.45, 7) is 2.56. The first-order chi connectivity index (χ1) is 8.69. The van der Waals surface area contributed by atoms with Gasteiger partial charge < -0.3 is 10.5 Å². The van der Waals surface area contributed by atoms with Gasteiger partial charge in [-0.05, 0) is 42.3 Å². The van der Waals surface area contributed by atoms with Gasteiger partial charge in [0, 0.05) is 16.3 Å². The van der Waals surface area contributed by atoms with Crippen LogP contribution in [0.3, 0.4) is 0 Å². The number of rotatable bonds is 4. The van der Waals surface area contributed by atoms with E-state index < -0.39 is 0 Å². The van der Waals surface area contributed by atoms with E-state index in [9.17, 15) is 0 Å². The molecule has 0 bridgehead atoms. The molecule has 18 heavy (non-hydrogen) atoms. The molecule has 2 N–H and O–H groups in total. The summed E-state index contributed by atoms with van der Waals surface area (Å²) >= 11 is 5.93. The number of hydrogen-bond acceptors (Lipinski definition) is 2. The molecule has 0 aromatic heterocycles. The summed E-state index contributed by atoms with van der Waals surface area (Å²) in [7, 11) is 0. The second kappa shape index (κ2) is 5.78. The van der Waals surface area contributed by atoms with Crippen molar-refractivity contribution in [1.82, 2.24) is 0 Å². The Bertz CT molecular complexity index is 523. The number of benzene rings is 2. The maximum absolute atomic E-state index is 5.93. The Morgan fingerprint density at radius 2 is 1.83 bits per heavy atom. The molecule has 0 spiro atoms. The van der Waals surface area contributed by atoms with Crippen molar-refractivity contribution in [2.75, 3.05) is 5.73 Å². The van der Waals surface area contributed by atoms with Crippen LogP contribution in [0.5, 0.6) is 5.75 Å². The number of nitrogens with two attached hydrogens (primary N) is 1. The van der Waals surface area contributed by atoms with E-state index in [1.165, 1.54) is 5.56 Å². The van der Waals surface area contributed by atoms with Crippen LogP contribution in [0, 0.1) is 0 Å². The second-order valence-corrected chi connectivity index (χ2v) is 4.57. The van der Waals surface area contributed by atoms with Crippen LogP contribution in [-0.4, -0.2) is 0 Å². The van der Waals surface area contributed by atoms with E-state index in [-0.39, 0.29) is 0 Å². The monoisotopic (exact) mass is 261 g/mol. The molecule has 0 fully saturated rings. The lowest BCUT2D eigenvalue weighted by atomic mass is 10.1. The van der Waals surface area contributed by atoms with Crippen molar-refractivity contribution in [3.05, 3.63) is 58.6 Å². The van der Waals surface area contributed by atoms with E-state index >= 15 is 0 Å². The normalized spacial score (nSPS) is 10.3. The predicted octanol–water partition coefficient (Wildman–Crippen LogP) is 4.06. The molecule has 2 rings (SSSR count). The van der Waals surface area contributed by atoms with E-state index in [4.69, 9.17) is 22.1 Å². The van der Waals surface area contributed by atoms with Gasteiger partial charge in [-0.3, -0.25) is 0 Å². The van der Waals surface area contributed by atoms with E-state index in [1.807, 2.05) is 18.2 Å². The fourth-order valence-electron chi connectivity index (χ4n) is 1.68. The van der Waals surface area contributed by atoms with Crippen LogP contribution < -0.4 is 10.5 Å². The zero-order valence-corrected chi connectivity index (χ0v) is 11.1. The fraction of sp³-hybridized carbons (Fsp3) is 0.200. The highest BCUT2D eigenvalue weighted by atomic mass is 35.5. The molecule has 0 saturated heterocycles. The molecule has 0 radical (unpaired) electrons. The standard InChI is InChI=1S/C15H16ClNO/c1-2-11-3-6-14(7-4-11)18-10-12-9-13(16)5-8-15(12)17/h3-9H,2,10,17H2,1H3. The van der Waals surface area contributed by atoms with Crippen molar-refractivity contribution < 1.29 is 4.74 Å². The molecule has 2 nitrogen and oxygen atoms in total. The van der Waals surface area contributed by atoms with E-state index in [1.54, 1.807) is 12.1 Å². The van der Waals surface area contributed by atoms with Gasteiger partial charge in [0.1, 0.15) is 12.4 Å². The van der Waals surface area contributed by atoms with Crippen molar-refractivity contribution in [2.24, 2.45) is 0 Å². The smallest absolute Gasteiger partial charge is 0.119 e. The summed E-state index contributed by atoms with van der Waals surface area (Å²) in [5, 5.41) is 0.670. The Kier molecular flexibility index (Phi) is 4.11. The third kappa shape index (κ3) is 3.17. The summed E-state index contributed by atoms with van der Waals surface area (Å²) < 4.78 is 5.69. The summed E-state index contributed by atoms with van der Waals surface area (Å²) in [4.78, 5) is 0. The topological polar surface area (TPSA) is 35.2 Å². The molecular weight excluding hydrogens is 246 g/mol. The minimum absolute atomic E-state index is 0.428. The number of anilines is 1. The minimum atomic E-state index is 0.428. The molecule has 0 atom stereocenters. The van der Waals surface area contributed by atoms with Gasteiger partial charge in [-0.1, -0.05) is 30.7 Å². The van der Waals surface area contributed by atoms with Gasteiger partial charge in [-0.15, -0.1) is 0 Å². The average Bonchev–Trinajstić information content (AvgIpc) is 2.40. The maximum atomic E-state index is 5.93. The molecule has 0 heterocycles. The molecule has 94 valence electrons. The molecule has 0 aliphatic heterocycles. The summed E-state index contributed by atoms with van der Waals surface area (Å²) in [5.74, 6) is 0.839. The largest absolute Gasteiger partial charge is 0.489 e. The quantitative estimate of drug-likeness (QED) is 0.843. The van der Waals surface area contributed by atoms with Crippen LogP contribution in [-0.2, 0) is 13.0 Å². The van der Waals surface area contributed by atoms with Crippen molar-refractivity contribution in [3.8, 4) is 5.75 Å². The van der Waals surface area contributed by atoms with Gasteiger partial charge in [0.2, 0.25) is 0 Å². The third-order valence-corrected chi connectivity index (χ3v) is 3.07. The number of ether oxygens (including phenoxy) is 1. The lowest BCUT2D eigenvalue weighted by Crippen LogP contribution is -2.00. The summed E-state index contributed by atoms with van der Waals surface area (Å²) in [6, 6.07) is 13.5. The molecule has 0 saturated carbocycles. The average molecular weight is 262 g/mol. The van der Waals surface area contributed by atoms with E-state index in [0.29, 0.717) is 17.3 Å².